The van der Waals surface area contributed by atoms with Gasteiger partial charge < -0.3 is 16.4 Å². The molecule has 2 aromatic rings. The van der Waals surface area contributed by atoms with Crippen LogP contribution in [0.1, 0.15) is 31.7 Å². The Labute approximate surface area is 158 Å². The summed E-state index contributed by atoms with van der Waals surface area (Å²) in [6.45, 7) is 2.03. The molecule has 1 aromatic heterocycles. The number of unbranched alkanes of at least 4 members (excludes halogenated alkanes) is 1. The Bertz CT molecular complexity index is 707. The number of pyridine rings is 1. The molecule has 0 bridgehead atoms. The maximum Gasteiger partial charge on any atom is 0.312 e. The van der Waals surface area contributed by atoms with Crippen LogP contribution in [0.25, 0.3) is 0 Å². The van der Waals surface area contributed by atoms with Gasteiger partial charge >= 0.3 is 6.03 Å². The Morgan fingerprint density at radius 3 is 2.62 bits per heavy atom. The van der Waals surface area contributed by atoms with Crippen molar-refractivity contribution < 1.29 is 9.59 Å². The summed E-state index contributed by atoms with van der Waals surface area (Å²) in [7, 11) is 0. The van der Waals surface area contributed by atoms with Gasteiger partial charge in [0.25, 0.3) is 0 Å². The first-order chi connectivity index (χ1) is 12.6. The standard InChI is InChI=1S/C19H24N4O2S/c1-2-3-6-17(23-19(20)25)18(24)22-15-7-9-16(10-8-15)26-13-14-5-4-11-21-12-14/h4-5,7-12,17H,2-3,6,13H2,1H3,(H,22,24)(H3,20,23,25). The fourth-order valence-corrected chi connectivity index (χ4v) is 3.20. The third-order valence-electron chi connectivity index (χ3n) is 3.73. The van der Waals surface area contributed by atoms with Crippen molar-refractivity contribution in [1.82, 2.24) is 10.3 Å². The third-order valence-corrected chi connectivity index (χ3v) is 4.81. The van der Waals surface area contributed by atoms with Crippen molar-refractivity contribution in [3.8, 4) is 0 Å². The number of rotatable bonds is 9. The molecule has 26 heavy (non-hydrogen) atoms. The van der Waals surface area contributed by atoms with Gasteiger partial charge in [-0.1, -0.05) is 25.8 Å². The smallest absolute Gasteiger partial charge is 0.312 e. The third kappa shape index (κ3) is 6.76. The van der Waals surface area contributed by atoms with Crippen molar-refractivity contribution in [2.75, 3.05) is 5.32 Å². The number of anilines is 1. The second-order valence-electron chi connectivity index (χ2n) is 5.87. The number of thioether (sulfide) groups is 1. The highest BCUT2D eigenvalue weighted by atomic mass is 32.2. The number of urea groups is 1. The van der Waals surface area contributed by atoms with Crippen molar-refractivity contribution in [3.05, 3.63) is 54.4 Å². The highest BCUT2D eigenvalue weighted by Gasteiger charge is 2.19. The zero-order chi connectivity index (χ0) is 18.8. The zero-order valence-corrected chi connectivity index (χ0v) is 15.6. The maximum atomic E-state index is 12.4. The van der Waals surface area contributed by atoms with E-state index in [9.17, 15) is 9.59 Å². The first-order valence-electron chi connectivity index (χ1n) is 8.57. The fraction of sp³-hybridized carbons (Fsp3) is 0.316. The minimum Gasteiger partial charge on any atom is -0.352 e. The number of primary amides is 1. The van der Waals surface area contributed by atoms with E-state index >= 15 is 0 Å². The molecule has 0 radical (unpaired) electrons. The molecule has 1 heterocycles. The van der Waals surface area contributed by atoms with Crippen molar-refractivity contribution in [2.45, 2.75) is 42.9 Å². The molecule has 4 N–H and O–H groups in total. The van der Waals surface area contributed by atoms with E-state index < -0.39 is 12.1 Å². The molecular formula is C19H24N4O2S. The van der Waals surface area contributed by atoms with Gasteiger partial charge in [-0.3, -0.25) is 9.78 Å². The minimum atomic E-state index is -0.691. The van der Waals surface area contributed by atoms with Gasteiger partial charge in [-0.2, -0.15) is 0 Å². The number of nitrogens with zero attached hydrogens (tertiary/aromatic N) is 1. The molecule has 0 aliphatic rings. The van der Waals surface area contributed by atoms with Gasteiger partial charge in [0.15, 0.2) is 0 Å². The van der Waals surface area contributed by atoms with E-state index in [0.717, 1.165) is 29.1 Å². The molecule has 6 nitrogen and oxygen atoms in total. The molecule has 7 heteroatoms. The minimum absolute atomic E-state index is 0.256. The molecule has 0 spiro atoms. The van der Waals surface area contributed by atoms with Crippen LogP contribution in [0.5, 0.6) is 0 Å². The molecular weight excluding hydrogens is 348 g/mol. The lowest BCUT2D eigenvalue weighted by Crippen LogP contribution is -2.46. The lowest BCUT2D eigenvalue weighted by Gasteiger charge is -2.17. The molecule has 1 atom stereocenters. The molecule has 2 rings (SSSR count). The molecule has 0 saturated carbocycles. The van der Waals surface area contributed by atoms with E-state index in [1.807, 2.05) is 49.5 Å². The van der Waals surface area contributed by atoms with E-state index in [1.54, 1.807) is 18.0 Å². The van der Waals surface area contributed by atoms with E-state index in [0.29, 0.717) is 12.1 Å². The van der Waals surface area contributed by atoms with Gasteiger partial charge in [-0.05, 0) is 42.3 Å². The summed E-state index contributed by atoms with van der Waals surface area (Å²) in [6.07, 6.45) is 5.94. The number of carbonyl (C=O) groups excluding carboxylic acids is 2. The second-order valence-corrected chi connectivity index (χ2v) is 6.92. The summed E-state index contributed by atoms with van der Waals surface area (Å²) < 4.78 is 0. The van der Waals surface area contributed by atoms with Crippen LogP contribution in [0.2, 0.25) is 0 Å². The normalized spacial score (nSPS) is 11.6. The van der Waals surface area contributed by atoms with E-state index in [4.69, 9.17) is 5.73 Å². The van der Waals surface area contributed by atoms with Crippen LogP contribution in [-0.4, -0.2) is 23.0 Å². The summed E-state index contributed by atoms with van der Waals surface area (Å²) in [6, 6.07) is 10.3. The Morgan fingerprint density at radius 2 is 2.00 bits per heavy atom. The second kappa shape index (κ2) is 10.5. The highest BCUT2D eigenvalue weighted by Crippen LogP contribution is 2.24. The van der Waals surface area contributed by atoms with Gasteiger partial charge in [0.2, 0.25) is 5.91 Å². The maximum absolute atomic E-state index is 12.4. The summed E-state index contributed by atoms with van der Waals surface area (Å²) in [5.41, 5.74) is 7.01. The van der Waals surface area contributed by atoms with Crippen molar-refractivity contribution in [1.29, 1.82) is 0 Å². The Morgan fingerprint density at radius 1 is 1.23 bits per heavy atom. The Kier molecular flexibility index (Phi) is 7.95. The molecule has 1 aromatic carbocycles. The summed E-state index contributed by atoms with van der Waals surface area (Å²) in [5.74, 6) is 0.578. The number of hydrogen-bond acceptors (Lipinski definition) is 4. The predicted octanol–water partition coefficient (Wildman–Crippen LogP) is 3.54. The lowest BCUT2D eigenvalue weighted by molar-refractivity contribution is -0.118. The van der Waals surface area contributed by atoms with E-state index in [2.05, 4.69) is 15.6 Å². The molecule has 1 unspecified atom stereocenters. The molecule has 3 amide bonds. The molecule has 0 aliphatic heterocycles. The van der Waals surface area contributed by atoms with Crippen LogP contribution < -0.4 is 16.4 Å². The monoisotopic (exact) mass is 372 g/mol. The highest BCUT2D eigenvalue weighted by molar-refractivity contribution is 7.98. The Hall–Kier alpha value is -2.54. The summed E-state index contributed by atoms with van der Waals surface area (Å²) in [5, 5.41) is 5.33. The van der Waals surface area contributed by atoms with Gasteiger partial charge in [-0.25, -0.2) is 4.79 Å². The van der Waals surface area contributed by atoms with Gasteiger partial charge in [0.05, 0.1) is 0 Å². The van der Waals surface area contributed by atoms with Crippen molar-refractivity contribution in [2.24, 2.45) is 5.73 Å². The average molecular weight is 372 g/mol. The van der Waals surface area contributed by atoms with Crippen LogP contribution in [0.15, 0.2) is 53.7 Å². The largest absolute Gasteiger partial charge is 0.352 e. The number of aromatic nitrogens is 1. The number of nitrogens with one attached hydrogen (secondary N) is 2. The number of amides is 3. The van der Waals surface area contributed by atoms with Crippen LogP contribution in [-0.2, 0) is 10.5 Å². The van der Waals surface area contributed by atoms with E-state index in [1.165, 1.54) is 0 Å². The quantitative estimate of drug-likeness (QED) is 0.587. The van der Waals surface area contributed by atoms with Crippen LogP contribution in [0.3, 0.4) is 0 Å². The lowest BCUT2D eigenvalue weighted by atomic mass is 10.1. The van der Waals surface area contributed by atoms with Crippen LogP contribution in [0.4, 0.5) is 10.5 Å². The van der Waals surface area contributed by atoms with Crippen LogP contribution in [0, 0.1) is 0 Å². The molecule has 0 aliphatic carbocycles. The topological polar surface area (TPSA) is 97.1 Å². The average Bonchev–Trinajstić information content (AvgIpc) is 2.65. The number of nitrogens with two attached hydrogens (primary N) is 1. The van der Waals surface area contributed by atoms with Crippen LogP contribution >= 0.6 is 11.8 Å². The zero-order valence-electron chi connectivity index (χ0n) is 14.8. The first kappa shape index (κ1) is 19.8. The van der Waals surface area contributed by atoms with E-state index in [-0.39, 0.29) is 5.91 Å². The fourth-order valence-electron chi connectivity index (χ4n) is 2.36. The summed E-state index contributed by atoms with van der Waals surface area (Å²) >= 11 is 1.70. The van der Waals surface area contributed by atoms with Crippen molar-refractivity contribution >= 4 is 29.4 Å². The summed E-state index contributed by atoms with van der Waals surface area (Å²) in [4.78, 5) is 28.6. The molecule has 0 fully saturated rings. The predicted molar refractivity (Wildman–Crippen MR) is 105 cm³/mol. The van der Waals surface area contributed by atoms with Gasteiger partial charge in [0.1, 0.15) is 6.04 Å². The Balaban J connectivity index is 1.90. The molecule has 138 valence electrons. The number of hydrogen-bond donors (Lipinski definition) is 3. The first-order valence-corrected chi connectivity index (χ1v) is 9.55. The SMILES string of the molecule is CCCCC(NC(N)=O)C(=O)Nc1ccc(SCc2cccnc2)cc1. The van der Waals surface area contributed by atoms with Crippen molar-refractivity contribution in [3.63, 3.8) is 0 Å². The molecule has 0 saturated heterocycles. The number of carbonyl (C=O) groups is 2. The van der Waals surface area contributed by atoms with Gasteiger partial charge in [0, 0.05) is 28.7 Å². The van der Waals surface area contributed by atoms with Gasteiger partial charge in [-0.15, -0.1) is 11.8 Å². The number of benzene rings is 1.